The van der Waals surface area contributed by atoms with E-state index in [-0.39, 0.29) is 5.54 Å². The molecule has 2 nitrogen and oxygen atoms in total. The van der Waals surface area contributed by atoms with Crippen LogP contribution in [0.15, 0.2) is 0 Å². The van der Waals surface area contributed by atoms with Gasteiger partial charge in [-0.15, -0.1) is 0 Å². The molecule has 0 aromatic heterocycles. The lowest BCUT2D eigenvalue weighted by atomic mass is 9.95. The summed E-state index contributed by atoms with van der Waals surface area (Å²) in [4.78, 5) is 2.18. The molecule has 0 saturated carbocycles. The molecule has 3 heteroatoms. The van der Waals surface area contributed by atoms with Crippen LogP contribution >= 0.6 is 0 Å². The summed E-state index contributed by atoms with van der Waals surface area (Å²) in [7, 11) is 2.03. The summed E-state index contributed by atoms with van der Waals surface area (Å²) in [5, 5.41) is 3.30. The Morgan fingerprint density at radius 2 is 2.45 bits per heavy atom. The number of hydrogen-bond acceptors (Lipinski definition) is 2. The van der Waals surface area contributed by atoms with Crippen molar-refractivity contribution in [3.63, 3.8) is 0 Å². The van der Waals surface area contributed by atoms with E-state index in [0.29, 0.717) is 6.54 Å². The quantitative estimate of drug-likeness (QED) is 0.548. The number of likely N-dealkylation sites (tertiary alicyclic amines) is 1. The zero-order valence-electron chi connectivity index (χ0n) is 6.94. The molecule has 0 amide bonds. The van der Waals surface area contributed by atoms with Crippen molar-refractivity contribution in [2.45, 2.75) is 24.6 Å². The maximum atomic E-state index is 13.0. The number of hydrogen-bond donors (Lipinski definition) is 1. The van der Waals surface area contributed by atoms with E-state index in [1.54, 1.807) is 0 Å². The minimum Gasteiger partial charge on any atom is -0.315 e. The number of alkyl halides is 1. The summed E-state index contributed by atoms with van der Waals surface area (Å²) in [5.41, 5.74) is 0.166. The van der Waals surface area contributed by atoms with Gasteiger partial charge in [0.25, 0.3) is 0 Å². The van der Waals surface area contributed by atoms with Crippen molar-refractivity contribution >= 4 is 0 Å². The molecule has 0 aliphatic carbocycles. The first-order valence-electron chi connectivity index (χ1n) is 4.29. The molecule has 11 heavy (non-hydrogen) atoms. The van der Waals surface area contributed by atoms with E-state index in [9.17, 15) is 4.39 Å². The van der Waals surface area contributed by atoms with Gasteiger partial charge in [-0.3, -0.25) is 4.90 Å². The van der Waals surface area contributed by atoms with Gasteiger partial charge in [-0.1, -0.05) is 0 Å². The van der Waals surface area contributed by atoms with Crippen LogP contribution in [0.2, 0.25) is 0 Å². The van der Waals surface area contributed by atoms with Crippen LogP contribution in [-0.2, 0) is 0 Å². The fourth-order valence-corrected chi connectivity index (χ4v) is 2.35. The summed E-state index contributed by atoms with van der Waals surface area (Å²) in [5.74, 6) is 0. The second kappa shape index (κ2) is 2.42. The molecule has 0 aromatic carbocycles. The Morgan fingerprint density at radius 1 is 1.64 bits per heavy atom. The van der Waals surface area contributed by atoms with Gasteiger partial charge >= 0.3 is 0 Å². The highest BCUT2D eigenvalue weighted by Crippen LogP contribution is 2.34. The lowest BCUT2D eigenvalue weighted by Crippen LogP contribution is -2.42. The number of nitrogens with one attached hydrogen (secondary N) is 1. The van der Waals surface area contributed by atoms with Crippen LogP contribution in [0.3, 0.4) is 0 Å². The predicted octanol–water partition coefficient (Wildman–Crippen LogP) is 0.392. The minimum absolute atomic E-state index is 0.166. The van der Waals surface area contributed by atoms with Crippen LogP contribution in [0.1, 0.15) is 12.8 Å². The van der Waals surface area contributed by atoms with E-state index in [0.717, 1.165) is 25.9 Å². The van der Waals surface area contributed by atoms with Gasteiger partial charge in [-0.2, -0.15) is 0 Å². The first-order chi connectivity index (χ1) is 5.23. The molecule has 0 aromatic rings. The lowest BCUT2D eigenvalue weighted by molar-refractivity contribution is 0.196. The van der Waals surface area contributed by atoms with Crippen molar-refractivity contribution in [3.05, 3.63) is 0 Å². The molecule has 64 valence electrons. The van der Waals surface area contributed by atoms with Crippen LogP contribution in [0.4, 0.5) is 4.39 Å². The molecular formula is C8H15FN2. The molecule has 0 radical (unpaired) electrons. The van der Waals surface area contributed by atoms with Gasteiger partial charge in [0.15, 0.2) is 0 Å². The number of rotatable bonds is 0. The Labute approximate surface area is 66.8 Å². The maximum absolute atomic E-state index is 13.0. The highest BCUT2D eigenvalue weighted by atomic mass is 19.1. The standard InChI is InChI=1S/C8H15FN2/c1-11-5-7(9)4-8(11)2-3-10-6-8/h7,10H,2-6H2,1H3. The van der Waals surface area contributed by atoms with E-state index in [2.05, 4.69) is 10.2 Å². The van der Waals surface area contributed by atoms with E-state index >= 15 is 0 Å². The van der Waals surface area contributed by atoms with Crippen molar-refractivity contribution in [1.82, 2.24) is 10.2 Å². The van der Waals surface area contributed by atoms with Crippen molar-refractivity contribution in [1.29, 1.82) is 0 Å². The van der Waals surface area contributed by atoms with Crippen molar-refractivity contribution in [3.8, 4) is 0 Å². The fourth-order valence-electron chi connectivity index (χ4n) is 2.35. The van der Waals surface area contributed by atoms with E-state index in [4.69, 9.17) is 0 Å². The highest BCUT2D eigenvalue weighted by Gasteiger charge is 2.45. The summed E-state index contributed by atoms with van der Waals surface area (Å²) < 4.78 is 13.0. The van der Waals surface area contributed by atoms with Gasteiger partial charge in [0, 0.05) is 18.6 Å². The van der Waals surface area contributed by atoms with Gasteiger partial charge in [0.1, 0.15) is 6.17 Å². The molecular weight excluding hydrogens is 143 g/mol. The predicted molar refractivity (Wildman–Crippen MR) is 42.4 cm³/mol. The number of nitrogens with zero attached hydrogens (tertiary/aromatic N) is 1. The van der Waals surface area contributed by atoms with E-state index in [1.807, 2.05) is 7.05 Å². The van der Waals surface area contributed by atoms with Crippen LogP contribution < -0.4 is 5.32 Å². The van der Waals surface area contributed by atoms with Gasteiger partial charge < -0.3 is 5.32 Å². The van der Waals surface area contributed by atoms with Gasteiger partial charge in [-0.05, 0) is 26.4 Å². The Balaban J connectivity index is 2.12. The molecule has 2 unspecified atom stereocenters. The molecule has 2 rings (SSSR count). The highest BCUT2D eigenvalue weighted by molar-refractivity contribution is 5.03. The molecule has 1 spiro atoms. The van der Waals surface area contributed by atoms with E-state index < -0.39 is 6.17 Å². The third kappa shape index (κ3) is 1.07. The number of halogens is 1. The van der Waals surface area contributed by atoms with Crippen LogP contribution in [0.5, 0.6) is 0 Å². The molecule has 2 aliphatic heterocycles. The third-order valence-electron chi connectivity index (χ3n) is 3.10. The minimum atomic E-state index is -0.597. The van der Waals surface area contributed by atoms with Crippen molar-refractivity contribution in [2.24, 2.45) is 0 Å². The smallest absolute Gasteiger partial charge is 0.115 e. The molecule has 1 N–H and O–H groups in total. The maximum Gasteiger partial charge on any atom is 0.115 e. The lowest BCUT2D eigenvalue weighted by Gasteiger charge is -2.30. The average molecular weight is 158 g/mol. The molecule has 2 saturated heterocycles. The van der Waals surface area contributed by atoms with Gasteiger partial charge in [0.05, 0.1) is 0 Å². The Morgan fingerprint density at radius 3 is 2.91 bits per heavy atom. The first kappa shape index (κ1) is 7.50. The Bertz CT molecular complexity index is 154. The van der Waals surface area contributed by atoms with Gasteiger partial charge in [-0.25, -0.2) is 4.39 Å². The monoisotopic (exact) mass is 158 g/mol. The second-order valence-electron chi connectivity index (χ2n) is 3.83. The fraction of sp³-hybridized carbons (Fsp3) is 1.00. The summed E-state index contributed by atoms with van der Waals surface area (Å²) >= 11 is 0. The molecule has 2 fully saturated rings. The Hall–Kier alpha value is -0.150. The SMILES string of the molecule is CN1CC(F)CC12CCNC2. The first-order valence-corrected chi connectivity index (χ1v) is 4.29. The topological polar surface area (TPSA) is 15.3 Å². The van der Waals surface area contributed by atoms with Crippen LogP contribution in [0, 0.1) is 0 Å². The third-order valence-corrected chi connectivity index (χ3v) is 3.10. The van der Waals surface area contributed by atoms with Crippen molar-refractivity contribution < 1.29 is 4.39 Å². The summed E-state index contributed by atoms with van der Waals surface area (Å²) in [6.45, 7) is 2.66. The van der Waals surface area contributed by atoms with Crippen molar-refractivity contribution in [2.75, 3.05) is 26.7 Å². The normalized spacial score (nSPS) is 45.8. The average Bonchev–Trinajstić information content (AvgIpc) is 2.45. The molecule has 2 aliphatic rings. The van der Waals surface area contributed by atoms with Crippen LogP contribution in [-0.4, -0.2) is 43.3 Å². The zero-order chi connectivity index (χ0) is 7.90. The van der Waals surface area contributed by atoms with E-state index in [1.165, 1.54) is 0 Å². The zero-order valence-corrected chi connectivity index (χ0v) is 6.94. The number of likely N-dealkylation sites (N-methyl/N-ethyl adjacent to an activating group) is 1. The molecule has 0 bridgehead atoms. The van der Waals surface area contributed by atoms with Crippen LogP contribution in [0.25, 0.3) is 0 Å². The largest absolute Gasteiger partial charge is 0.315 e. The Kier molecular flexibility index (Phi) is 1.65. The summed E-state index contributed by atoms with van der Waals surface area (Å²) in [6.07, 6.45) is 1.25. The van der Waals surface area contributed by atoms with Gasteiger partial charge in [0.2, 0.25) is 0 Å². The summed E-state index contributed by atoms with van der Waals surface area (Å²) in [6, 6.07) is 0. The molecule has 2 heterocycles. The second-order valence-corrected chi connectivity index (χ2v) is 3.83. The molecule has 2 atom stereocenters.